The van der Waals surface area contributed by atoms with Crippen LogP contribution in [0.4, 0.5) is 0 Å². The molecule has 0 aliphatic heterocycles. The molecule has 0 aromatic heterocycles. The van der Waals surface area contributed by atoms with Gasteiger partial charge in [0.25, 0.3) is 0 Å². The van der Waals surface area contributed by atoms with Gasteiger partial charge in [-0.1, -0.05) is 96.8 Å². The fourth-order valence-electron chi connectivity index (χ4n) is 2.70. The fraction of sp³-hybridized carbons (Fsp3) is 0.955. The lowest BCUT2D eigenvalue weighted by Gasteiger charge is -2.16. The third-order valence-electron chi connectivity index (χ3n) is 4.72. The normalized spacial score (nSPS) is 11.1. The average molecular weight is 390 g/mol. The van der Waals surface area contributed by atoms with Crippen LogP contribution in [0.2, 0.25) is 0 Å². The average Bonchev–Trinajstić information content (AvgIpc) is 2.65. The van der Waals surface area contributed by atoms with Crippen molar-refractivity contribution >= 4 is 5.97 Å². The van der Waals surface area contributed by atoms with E-state index in [0.29, 0.717) is 6.42 Å². The highest BCUT2D eigenvalue weighted by molar-refractivity contribution is 5.66. The molecule has 164 valence electrons. The molecular weight excluding hydrogens is 342 g/mol. The van der Waals surface area contributed by atoms with Gasteiger partial charge in [-0.25, -0.2) is 0 Å². The third kappa shape index (κ3) is 27.7. The second-order valence-corrected chi connectivity index (χ2v) is 8.06. The summed E-state index contributed by atoms with van der Waals surface area (Å²) in [5.41, 5.74) is 4.41. The summed E-state index contributed by atoms with van der Waals surface area (Å²) in [4.78, 5) is 10.3. The minimum Gasteiger partial charge on any atom is -0.481 e. The maximum Gasteiger partial charge on any atom is 0.303 e. The Kier molecular flexibility index (Phi) is 22.9. The zero-order valence-electron chi connectivity index (χ0n) is 18.1. The van der Waals surface area contributed by atoms with Gasteiger partial charge < -0.3 is 21.1 Å². The summed E-state index contributed by atoms with van der Waals surface area (Å²) < 4.78 is 0. The minimum absolute atomic E-state index is 0.177. The Morgan fingerprint density at radius 3 is 1.22 bits per heavy atom. The SMILES string of the molecule is CC(N)(CO)CO.CCCCCCCCCCCCCCCCCC(=O)O. The van der Waals surface area contributed by atoms with Gasteiger partial charge in [-0.2, -0.15) is 0 Å². The molecule has 0 heterocycles. The summed E-state index contributed by atoms with van der Waals surface area (Å²) in [7, 11) is 0. The number of hydrogen-bond acceptors (Lipinski definition) is 4. The number of unbranched alkanes of at least 4 members (excludes halogenated alkanes) is 14. The van der Waals surface area contributed by atoms with E-state index in [-0.39, 0.29) is 13.2 Å². The summed E-state index contributed by atoms with van der Waals surface area (Å²) in [5, 5.41) is 25.1. The second kappa shape index (κ2) is 21.6. The van der Waals surface area contributed by atoms with Crippen LogP contribution in [-0.4, -0.2) is 40.0 Å². The molecule has 27 heavy (non-hydrogen) atoms. The highest BCUT2D eigenvalue weighted by atomic mass is 16.4. The summed E-state index contributed by atoms with van der Waals surface area (Å²) >= 11 is 0. The van der Waals surface area contributed by atoms with Crippen LogP contribution in [-0.2, 0) is 4.79 Å². The van der Waals surface area contributed by atoms with Gasteiger partial charge in [0.15, 0.2) is 0 Å². The van der Waals surface area contributed by atoms with E-state index in [0.717, 1.165) is 12.8 Å². The molecule has 0 radical (unpaired) electrons. The first-order valence-corrected chi connectivity index (χ1v) is 11.1. The zero-order chi connectivity index (χ0) is 20.8. The van der Waals surface area contributed by atoms with Gasteiger partial charge in [-0.15, -0.1) is 0 Å². The molecule has 0 saturated carbocycles. The number of aliphatic hydroxyl groups excluding tert-OH is 2. The van der Waals surface area contributed by atoms with E-state index in [4.69, 9.17) is 21.1 Å². The fourth-order valence-corrected chi connectivity index (χ4v) is 2.70. The Hall–Kier alpha value is -0.650. The minimum atomic E-state index is -0.806. The van der Waals surface area contributed by atoms with Crippen LogP contribution in [0, 0.1) is 0 Å². The van der Waals surface area contributed by atoms with E-state index in [1.165, 1.54) is 83.5 Å². The predicted octanol–water partition coefficient (Wildman–Crippen LogP) is 5.02. The second-order valence-electron chi connectivity index (χ2n) is 8.06. The molecule has 0 fully saturated rings. The van der Waals surface area contributed by atoms with Crippen LogP contribution in [0.5, 0.6) is 0 Å². The van der Waals surface area contributed by atoms with Crippen LogP contribution >= 0.6 is 0 Å². The Labute approximate surface area is 167 Å². The van der Waals surface area contributed by atoms with Crippen molar-refractivity contribution in [2.75, 3.05) is 13.2 Å². The largest absolute Gasteiger partial charge is 0.481 e. The van der Waals surface area contributed by atoms with Crippen molar-refractivity contribution in [1.82, 2.24) is 0 Å². The number of rotatable bonds is 18. The van der Waals surface area contributed by atoms with Crippen molar-refractivity contribution in [3.05, 3.63) is 0 Å². The summed E-state index contributed by atoms with van der Waals surface area (Å²) in [5.74, 6) is -0.653. The molecule has 0 aliphatic rings. The lowest BCUT2D eigenvalue weighted by Crippen LogP contribution is -2.43. The van der Waals surface area contributed by atoms with E-state index in [1.807, 2.05) is 0 Å². The van der Waals surface area contributed by atoms with Gasteiger partial charge in [0.2, 0.25) is 0 Å². The topological polar surface area (TPSA) is 104 Å². The van der Waals surface area contributed by atoms with Crippen LogP contribution < -0.4 is 5.73 Å². The Morgan fingerprint density at radius 2 is 1.00 bits per heavy atom. The van der Waals surface area contributed by atoms with Gasteiger partial charge in [0.1, 0.15) is 0 Å². The molecule has 0 aliphatic carbocycles. The first kappa shape index (κ1) is 28.6. The molecule has 0 rings (SSSR count). The highest BCUT2D eigenvalue weighted by Gasteiger charge is 2.13. The van der Waals surface area contributed by atoms with Gasteiger partial charge in [-0.3, -0.25) is 4.79 Å². The van der Waals surface area contributed by atoms with Gasteiger partial charge in [0.05, 0.1) is 18.8 Å². The van der Waals surface area contributed by atoms with Crippen LogP contribution in [0.25, 0.3) is 0 Å². The Morgan fingerprint density at radius 1 is 0.704 bits per heavy atom. The van der Waals surface area contributed by atoms with Gasteiger partial charge in [0, 0.05) is 6.42 Å². The number of carbonyl (C=O) groups is 1. The van der Waals surface area contributed by atoms with Crippen molar-refractivity contribution in [3.63, 3.8) is 0 Å². The maximum absolute atomic E-state index is 10.3. The maximum atomic E-state index is 10.3. The predicted molar refractivity (Wildman–Crippen MR) is 114 cm³/mol. The molecule has 0 aromatic rings. The van der Waals surface area contributed by atoms with Gasteiger partial charge in [-0.05, 0) is 13.3 Å². The third-order valence-corrected chi connectivity index (χ3v) is 4.72. The van der Waals surface area contributed by atoms with E-state index < -0.39 is 11.5 Å². The first-order valence-electron chi connectivity index (χ1n) is 11.1. The van der Waals surface area contributed by atoms with Gasteiger partial charge >= 0.3 is 5.97 Å². The molecule has 5 nitrogen and oxygen atoms in total. The monoisotopic (exact) mass is 389 g/mol. The van der Waals surface area contributed by atoms with Crippen LogP contribution in [0.15, 0.2) is 0 Å². The molecule has 0 unspecified atom stereocenters. The van der Waals surface area contributed by atoms with Crippen molar-refractivity contribution in [1.29, 1.82) is 0 Å². The van der Waals surface area contributed by atoms with E-state index in [1.54, 1.807) is 6.92 Å². The molecule has 0 atom stereocenters. The lowest BCUT2D eigenvalue weighted by atomic mass is 10.0. The van der Waals surface area contributed by atoms with E-state index in [9.17, 15) is 4.79 Å². The molecule has 0 aromatic carbocycles. The Balaban J connectivity index is 0. The molecule has 5 N–H and O–H groups in total. The molecule has 5 heteroatoms. The standard InChI is InChI=1S/C18H36O2.C4H11NO2/c1-2-3-4-5-6-7-8-9-10-11-12-13-14-15-16-17-18(19)20;1-4(5,2-6)3-7/h2-17H2,1H3,(H,19,20);6-7H,2-3,5H2,1H3. The Bertz CT molecular complexity index is 303. The molecule has 0 spiro atoms. The summed E-state index contributed by atoms with van der Waals surface area (Å²) in [6, 6.07) is 0. The number of carboxylic acids is 1. The van der Waals surface area contributed by atoms with E-state index in [2.05, 4.69) is 6.92 Å². The van der Waals surface area contributed by atoms with Crippen LogP contribution in [0.3, 0.4) is 0 Å². The highest BCUT2D eigenvalue weighted by Crippen LogP contribution is 2.13. The van der Waals surface area contributed by atoms with Crippen LogP contribution in [0.1, 0.15) is 117 Å². The smallest absolute Gasteiger partial charge is 0.303 e. The number of hydrogen-bond donors (Lipinski definition) is 4. The summed E-state index contributed by atoms with van der Waals surface area (Å²) in [6.45, 7) is 3.49. The van der Waals surface area contributed by atoms with Crippen molar-refractivity contribution in [2.24, 2.45) is 5.73 Å². The first-order chi connectivity index (χ1) is 12.9. The number of aliphatic carboxylic acids is 1. The summed E-state index contributed by atoms with van der Waals surface area (Å²) in [6.07, 6.45) is 20.2. The molecule has 0 bridgehead atoms. The molecule has 0 amide bonds. The number of carboxylic acid groups (broad SMARTS) is 1. The van der Waals surface area contributed by atoms with Crippen molar-refractivity contribution < 1.29 is 20.1 Å². The number of nitrogens with two attached hydrogens (primary N) is 1. The molecular formula is C22H47NO4. The van der Waals surface area contributed by atoms with E-state index >= 15 is 0 Å². The van der Waals surface area contributed by atoms with Crippen molar-refractivity contribution in [3.8, 4) is 0 Å². The molecule has 0 saturated heterocycles. The lowest BCUT2D eigenvalue weighted by molar-refractivity contribution is -0.137. The number of aliphatic hydroxyl groups is 2. The zero-order valence-corrected chi connectivity index (χ0v) is 18.1. The quantitative estimate of drug-likeness (QED) is 0.246. The van der Waals surface area contributed by atoms with Crippen molar-refractivity contribution in [2.45, 2.75) is 122 Å².